The molecular weight excluding hydrogens is 640 g/mol. The number of methoxy groups -OCH3 is 2. The van der Waals surface area contributed by atoms with Crippen molar-refractivity contribution in [3.05, 3.63) is 101 Å². The Hall–Kier alpha value is -4.89. The molecule has 6 aliphatic heterocycles. The third kappa shape index (κ3) is 5.03. The Kier molecular flexibility index (Phi) is 7.80. The number of esters is 2. The minimum absolute atomic E-state index is 0.00947. The number of allylic oxidation sites excluding steroid dienone is 1. The van der Waals surface area contributed by atoms with E-state index in [2.05, 4.69) is 83.0 Å². The van der Waals surface area contributed by atoms with Crippen LogP contribution in [0.3, 0.4) is 0 Å². The summed E-state index contributed by atoms with van der Waals surface area (Å²) in [5.41, 5.74) is 10.9. The molecule has 2 aromatic carbocycles. The van der Waals surface area contributed by atoms with Crippen LogP contribution >= 0.6 is 0 Å². The van der Waals surface area contributed by atoms with Gasteiger partial charge in [-0.15, -0.1) is 0 Å². The number of aromatic nitrogens is 3. The van der Waals surface area contributed by atoms with Gasteiger partial charge in [-0.1, -0.05) is 48.0 Å². The molecular formula is C42H44N4O5. The first-order chi connectivity index (χ1) is 24.9. The molecule has 9 nitrogen and oxygen atoms in total. The van der Waals surface area contributed by atoms with Crippen molar-refractivity contribution in [1.82, 2.24) is 19.4 Å². The lowest BCUT2D eigenvalue weighted by molar-refractivity contribution is -0.147. The summed E-state index contributed by atoms with van der Waals surface area (Å²) in [5.74, 6) is -0.842. The van der Waals surface area contributed by atoms with Crippen molar-refractivity contribution in [2.24, 2.45) is 23.7 Å². The summed E-state index contributed by atoms with van der Waals surface area (Å²) in [6.45, 7) is 6.69. The van der Waals surface area contributed by atoms with E-state index in [1.165, 1.54) is 42.0 Å². The average Bonchev–Trinajstić information content (AvgIpc) is 3.75. The lowest BCUT2D eigenvalue weighted by Crippen LogP contribution is -2.45. The molecule has 262 valence electrons. The van der Waals surface area contributed by atoms with Crippen molar-refractivity contribution in [2.45, 2.75) is 58.2 Å². The normalized spacial score (nSPS) is 25.8. The van der Waals surface area contributed by atoms with E-state index in [9.17, 15) is 9.59 Å². The Morgan fingerprint density at radius 2 is 1.90 bits per heavy atom. The van der Waals surface area contributed by atoms with Gasteiger partial charge in [0.15, 0.2) is 0 Å². The second kappa shape index (κ2) is 12.4. The highest BCUT2D eigenvalue weighted by molar-refractivity contribution is 6.00. The molecule has 1 N–H and O–H groups in total. The Morgan fingerprint density at radius 3 is 2.71 bits per heavy atom. The first-order valence-electron chi connectivity index (χ1n) is 18.3. The largest absolute Gasteiger partial charge is 0.497 e. The summed E-state index contributed by atoms with van der Waals surface area (Å²) in [6.07, 6.45) is 9.04. The van der Waals surface area contributed by atoms with E-state index in [4.69, 9.17) is 19.2 Å². The number of rotatable bonds is 5. The molecule has 0 bridgehead atoms. The lowest BCUT2D eigenvalue weighted by Gasteiger charge is -2.45. The second-order valence-electron chi connectivity index (χ2n) is 14.8. The van der Waals surface area contributed by atoms with Crippen molar-refractivity contribution in [3.63, 3.8) is 0 Å². The zero-order valence-electron chi connectivity index (χ0n) is 29.6. The molecule has 9 rings (SSSR count). The maximum absolute atomic E-state index is 14.0. The SMILES string of the molecule is C/C=C1/CN2CCc3c([nH]c4ccccc34)[C@@H]2C[C@@H]1[C@H](Cc1cn2c(c3nc4ccccc4c1-3)C[C@@H]1C(C(=O)OC)=CO[C@@H](C)[C@@H]1C2)C(=O)OC. The summed E-state index contributed by atoms with van der Waals surface area (Å²) in [4.78, 5) is 38.5. The third-order valence-corrected chi connectivity index (χ3v) is 12.5. The van der Waals surface area contributed by atoms with Crippen LogP contribution in [-0.2, 0) is 49.6 Å². The number of carbonyl (C=O) groups excluding carboxylic acids is 2. The fourth-order valence-corrected chi connectivity index (χ4v) is 9.91. The predicted molar refractivity (Wildman–Crippen MR) is 195 cm³/mol. The highest BCUT2D eigenvalue weighted by atomic mass is 16.5. The lowest BCUT2D eigenvalue weighted by atomic mass is 9.72. The highest BCUT2D eigenvalue weighted by Gasteiger charge is 2.45. The average molecular weight is 685 g/mol. The molecule has 0 aliphatic carbocycles. The van der Waals surface area contributed by atoms with E-state index < -0.39 is 0 Å². The quantitative estimate of drug-likeness (QED) is 0.161. The fraction of sp³-hybridized carbons (Fsp3) is 0.405. The minimum atomic E-state index is -0.379. The van der Waals surface area contributed by atoms with Crippen LogP contribution in [0.1, 0.15) is 48.8 Å². The molecule has 1 fully saturated rings. The van der Waals surface area contributed by atoms with Crippen LogP contribution < -0.4 is 0 Å². The Morgan fingerprint density at radius 1 is 1.10 bits per heavy atom. The molecule has 51 heavy (non-hydrogen) atoms. The van der Waals surface area contributed by atoms with Crippen LogP contribution in [0.25, 0.3) is 33.1 Å². The molecule has 0 amide bonds. The van der Waals surface area contributed by atoms with Gasteiger partial charge in [-0.05, 0) is 68.7 Å². The second-order valence-corrected chi connectivity index (χ2v) is 14.8. The smallest absolute Gasteiger partial charge is 0.337 e. The van der Waals surface area contributed by atoms with E-state index in [0.29, 0.717) is 25.0 Å². The molecule has 3 aromatic rings. The number of piperidine rings is 1. The van der Waals surface area contributed by atoms with E-state index in [0.717, 1.165) is 59.3 Å². The van der Waals surface area contributed by atoms with Gasteiger partial charge in [0.25, 0.3) is 0 Å². The van der Waals surface area contributed by atoms with Crippen molar-refractivity contribution in [1.29, 1.82) is 0 Å². The number of benzene rings is 2. The van der Waals surface area contributed by atoms with E-state index >= 15 is 0 Å². The number of ether oxygens (including phenoxy) is 3. The first-order valence-corrected chi connectivity index (χ1v) is 18.3. The fourth-order valence-electron chi connectivity index (χ4n) is 9.91. The van der Waals surface area contributed by atoms with Crippen molar-refractivity contribution in [2.75, 3.05) is 27.3 Å². The maximum Gasteiger partial charge on any atom is 0.337 e. The number of hydrogen-bond donors (Lipinski definition) is 1. The molecule has 0 spiro atoms. The van der Waals surface area contributed by atoms with Crippen molar-refractivity contribution >= 4 is 33.7 Å². The van der Waals surface area contributed by atoms with Gasteiger partial charge in [0.1, 0.15) is 6.10 Å². The summed E-state index contributed by atoms with van der Waals surface area (Å²) < 4.78 is 19.1. The number of carbonyl (C=O) groups is 2. The van der Waals surface area contributed by atoms with Gasteiger partial charge >= 0.3 is 11.9 Å². The van der Waals surface area contributed by atoms with Crippen molar-refractivity contribution in [3.8, 4) is 11.3 Å². The number of para-hydroxylation sites is 2. The van der Waals surface area contributed by atoms with Gasteiger partial charge in [0, 0.05) is 70.9 Å². The van der Waals surface area contributed by atoms with E-state index in [-0.39, 0.29) is 47.8 Å². The molecule has 1 saturated heterocycles. The molecule has 0 saturated carbocycles. The monoisotopic (exact) mass is 684 g/mol. The van der Waals surface area contributed by atoms with Gasteiger partial charge in [-0.2, -0.15) is 0 Å². The Labute approximate surface area is 297 Å². The standard InChI is InChI=1S/C42H44N4O5/c1-5-24-19-45-15-14-27-26-10-6-8-12-34(26)43-39(27)36(45)17-29(24)31(41(47)49-3)16-25-20-46-21-32-23(2)51-22-33(42(48)50-4)30(32)18-37(46)40-38(25)28-11-7-9-13-35(28)44-40/h5-13,20,22-23,29-32,36,43H,14-19,21H2,1-4H3/b24-5-/t23-,29-,30-,31-,32-,36-/m0/s1. The molecule has 6 aliphatic rings. The van der Waals surface area contributed by atoms with Crippen LogP contribution in [0, 0.1) is 23.7 Å². The van der Waals surface area contributed by atoms with Crippen molar-refractivity contribution < 1.29 is 23.8 Å². The zero-order chi connectivity index (χ0) is 35.0. The summed E-state index contributed by atoms with van der Waals surface area (Å²) in [7, 11) is 2.94. The molecule has 1 aromatic heterocycles. The van der Waals surface area contributed by atoms with Gasteiger partial charge in [0.05, 0.1) is 49.2 Å². The van der Waals surface area contributed by atoms with Crippen LogP contribution in [0.2, 0.25) is 0 Å². The van der Waals surface area contributed by atoms with Gasteiger partial charge in [-0.3, -0.25) is 9.69 Å². The molecule has 6 atom stereocenters. The van der Waals surface area contributed by atoms with Crippen LogP contribution in [0.15, 0.2) is 78.2 Å². The predicted octanol–water partition coefficient (Wildman–Crippen LogP) is 6.78. The molecule has 0 unspecified atom stereocenters. The summed E-state index contributed by atoms with van der Waals surface area (Å²) in [5, 5.41) is 2.39. The van der Waals surface area contributed by atoms with Crippen LogP contribution in [0.4, 0.5) is 0 Å². The number of hydrogen-bond acceptors (Lipinski definition) is 7. The molecule has 7 heterocycles. The molecule has 9 heteroatoms. The Bertz CT molecular complexity index is 2230. The molecule has 0 radical (unpaired) electrons. The Balaban J connectivity index is 1.14. The first kappa shape index (κ1) is 32.0. The minimum Gasteiger partial charge on any atom is -0.497 e. The van der Waals surface area contributed by atoms with E-state index in [1.807, 2.05) is 6.07 Å². The number of fused-ring (bicyclic) bond motifs is 11. The van der Waals surface area contributed by atoms with E-state index in [1.54, 1.807) is 6.26 Å². The number of nitrogens with zero attached hydrogens (tertiary/aromatic N) is 3. The summed E-state index contributed by atoms with van der Waals surface area (Å²) in [6, 6.07) is 17.1. The van der Waals surface area contributed by atoms with Crippen LogP contribution in [-0.4, -0.2) is 64.8 Å². The number of pyridine rings is 1. The topological polar surface area (TPSA) is 98.7 Å². The van der Waals surface area contributed by atoms with Gasteiger partial charge in [0.2, 0.25) is 0 Å². The summed E-state index contributed by atoms with van der Waals surface area (Å²) >= 11 is 0. The number of aromatic amines is 1. The third-order valence-electron chi connectivity index (χ3n) is 12.5. The number of nitrogens with one attached hydrogen (secondary N) is 1. The number of H-pyrrole nitrogens is 1. The maximum atomic E-state index is 14.0. The zero-order valence-corrected chi connectivity index (χ0v) is 29.6. The van der Waals surface area contributed by atoms with Gasteiger partial charge in [-0.25, -0.2) is 9.78 Å². The highest BCUT2D eigenvalue weighted by Crippen LogP contribution is 2.48. The van der Waals surface area contributed by atoms with Crippen LogP contribution in [0.5, 0.6) is 0 Å². The van der Waals surface area contributed by atoms with Gasteiger partial charge < -0.3 is 23.8 Å².